The predicted molar refractivity (Wildman–Crippen MR) is 65.1 cm³/mol. The van der Waals surface area contributed by atoms with Crippen molar-refractivity contribution in [1.82, 2.24) is 15.0 Å². The molecule has 0 spiro atoms. The second-order valence-electron chi connectivity index (χ2n) is 2.91. The van der Waals surface area contributed by atoms with Crippen LogP contribution in [0, 0.1) is 0 Å². The van der Waals surface area contributed by atoms with Crippen LogP contribution in [-0.2, 0) is 6.42 Å². The number of hydrogen-bond acceptors (Lipinski definition) is 4. The van der Waals surface area contributed by atoms with Gasteiger partial charge in [0, 0.05) is 24.4 Å². The van der Waals surface area contributed by atoms with E-state index in [1.165, 1.54) is 17.0 Å². The summed E-state index contributed by atoms with van der Waals surface area (Å²) in [7, 11) is 1.61. The van der Waals surface area contributed by atoms with E-state index in [0.29, 0.717) is 0 Å². The first-order valence-corrected chi connectivity index (χ1v) is 6.67. The molecule has 84 valence electrons. The fraction of sp³-hybridized carbons (Fsp3) is 0.556. The molecule has 0 aromatic carbocycles. The van der Waals surface area contributed by atoms with Crippen LogP contribution in [0.4, 0.5) is 4.79 Å². The summed E-state index contributed by atoms with van der Waals surface area (Å²) < 4.78 is 2.68. The number of amides is 2. The minimum atomic E-state index is -0.139. The summed E-state index contributed by atoms with van der Waals surface area (Å²) in [6.45, 7) is 0. The molecule has 1 aromatic rings. The Morgan fingerprint density at radius 3 is 3.13 bits per heavy atom. The quantitative estimate of drug-likeness (QED) is 0.595. The van der Waals surface area contributed by atoms with Crippen LogP contribution in [0.5, 0.6) is 0 Å². The van der Waals surface area contributed by atoms with Gasteiger partial charge < -0.3 is 5.32 Å². The molecular formula is C9H15N3OS2. The van der Waals surface area contributed by atoms with Gasteiger partial charge in [-0.1, -0.05) is 0 Å². The van der Waals surface area contributed by atoms with Gasteiger partial charge in [-0.25, -0.2) is 9.78 Å². The Balaban J connectivity index is 1.91. The molecule has 0 aliphatic rings. The topological polar surface area (TPSA) is 54.0 Å². The maximum absolute atomic E-state index is 10.8. The van der Waals surface area contributed by atoms with Crippen LogP contribution in [0.1, 0.15) is 17.8 Å². The molecule has 1 rings (SSSR count). The van der Waals surface area contributed by atoms with Gasteiger partial charge in [0.25, 0.3) is 0 Å². The number of hydrogen-bond donors (Lipinski definition) is 2. The lowest BCUT2D eigenvalue weighted by molar-refractivity contribution is 0.248. The largest absolute Gasteiger partial charge is 0.341 e. The Labute approximate surface area is 98.0 Å². The number of nitrogens with zero attached hydrogens (tertiary/aromatic N) is 1. The van der Waals surface area contributed by atoms with Crippen LogP contribution < -0.4 is 10.0 Å². The van der Waals surface area contributed by atoms with E-state index in [4.69, 9.17) is 0 Å². The molecule has 1 heterocycles. The fourth-order valence-electron chi connectivity index (χ4n) is 0.995. The maximum atomic E-state index is 10.8. The number of carbonyl (C=O) groups excluding carboxylic acids is 1. The third kappa shape index (κ3) is 5.64. The first-order chi connectivity index (χ1) is 7.33. The Morgan fingerprint density at radius 1 is 1.60 bits per heavy atom. The van der Waals surface area contributed by atoms with Crippen molar-refractivity contribution >= 4 is 29.3 Å². The number of rotatable bonds is 6. The molecule has 0 radical (unpaired) electrons. The summed E-state index contributed by atoms with van der Waals surface area (Å²) in [6.07, 6.45) is 5.09. The van der Waals surface area contributed by atoms with E-state index in [-0.39, 0.29) is 6.03 Å². The van der Waals surface area contributed by atoms with Gasteiger partial charge in [0.15, 0.2) is 0 Å². The van der Waals surface area contributed by atoms with Gasteiger partial charge in [-0.2, -0.15) is 0 Å². The Kier molecular flexibility index (Phi) is 6.18. The van der Waals surface area contributed by atoms with Gasteiger partial charge in [-0.05, 0) is 31.2 Å². The number of unbranched alkanes of at least 4 members (excludes halogenated alkanes) is 1. The summed E-state index contributed by atoms with van der Waals surface area (Å²) in [4.78, 5) is 15.0. The summed E-state index contributed by atoms with van der Waals surface area (Å²) in [6, 6.07) is -0.139. The SMILES string of the molecule is CNC(=O)NSCCCCc1nccs1. The average molecular weight is 245 g/mol. The van der Waals surface area contributed by atoms with Crippen molar-refractivity contribution in [2.24, 2.45) is 0 Å². The minimum absolute atomic E-state index is 0.139. The molecule has 2 N–H and O–H groups in total. The van der Waals surface area contributed by atoms with Crippen LogP contribution in [0.15, 0.2) is 11.6 Å². The minimum Gasteiger partial charge on any atom is -0.341 e. The summed E-state index contributed by atoms with van der Waals surface area (Å²) in [5, 5.41) is 5.69. The molecule has 6 heteroatoms. The van der Waals surface area contributed by atoms with Crippen molar-refractivity contribution in [2.45, 2.75) is 19.3 Å². The zero-order valence-corrected chi connectivity index (χ0v) is 10.3. The first-order valence-electron chi connectivity index (χ1n) is 4.81. The normalized spacial score (nSPS) is 9.93. The smallest absolute Gasteiger partial charge is 0.324 e. The van der Waals surface area contributed by atoms with E-state index < -0.39 is 0 Å². The predicted octanol–water partition coefficient (Wildman–Crippen LogP) is 2.04. The van der Waals surface area contributed by atoms with Gasteiger partial charge in [-0.15, -0.1) is 11.3 Å². The van der Waals surface area contributed by atoms with E-state index >= 15 is 0 Å². The number of carbonyl (C=O) groups is 1. The van der Waals surface area contributed by atoms with Crippen molar-refractivity contribution < 1.29 is 4.79 Å². The van der Waals surface area contributed by atoms with E-state index in [1.807, 2.05) is 11.6 Å². The lowest BCUT2D eigenvalue weighted by atomic mass is 10.3. The zero-order chi connectivity index (χ0) is 10.9. The molecule has 0 fully saturated rings. The molecule has 2 amide bonds. The van der Waals surface area contributed by atoms with E-state index in [2.05, 4.69) is 15.0 Å². The van der Waals surface area contributed by atoms with Crippen LogP contribution >= 0.6 is 23.3 Å². The summed E-state index contributed by atoms with van der Waals surface area (Å²) in [5.74, 6) is 0.943. The van der Waals surface area contributed by atoms with E-state index in [1.54, 1.807) is 18.4 Å². The molecule has 0 saturated heterocycles. The number of aryl methyl sites for hydroxylation is 1. The molecule has 0 unspecified atom stereocenters. The summed E-state index contributed by atoms with van der Waals surface area (Å²) in [5.41, 5.74) is 0. The molecular weight excluding hydrogens is 230 g/mol. The highest BCUT2D eigenvalue weighted by atomic mass is 32.2. The van der Waals surface area contributed by atoms with E-state index in [0.717, 1.165) is 25.0 Å². The Morgan fingerprint density at radius 2 is 2.47 bits per heavy atom. The molecule has 0 saturated carbocycles. The number of urea groups is 1. The number of aromatic nitrogens is 1. The Hall–Kier alpha value is -0.750. The van der Waals surface area contributed by atoms with Gasteiger partial charge in [0.1, 0.15) is 0 Å². The third-order valence-corrected chi connectivity index (χ3v) is 3.42. The second kappa shape index (κ2) is 7.53. The van der Waals surface area contributed by atoms with Crippen molar-refractivity contribution in [1.29, 1.82) is 0 Å². The highest BCUT2D eigenvalue weighted by molar-refractivity contribution is 7.97. The van der Waals surface area contributed by atoms with E-state index in [9.17, 15) is 4.79 Å². The van der Waals surface area contributed by atoms with Crippen LogP contribution in [0.3, 0.4) is 0 Å². The second-order valence-corrected chi connectivity index (χ2v) is 4.79. The Bertz CT molecular complexity index is 277. The fourth-order valence-corrected chi connectivity index (χ4v) is 2.34. The molecule has 0 bridgehead atoms. The van der Waals surface area contributed by atoms with Gasteiger partial charge >= 0.3 is 6.03 Å². The average Bonchev–Trinajstić information content (AvgIpc) is 2.75. The molecule has 0 aliphatic carbocycles. The number of nitrogens with one attached hydrogen (secondary N) is 2. The molecule has 0 aliphatic heterocycles. The van der Waals surface area contributed by atoms with Gasteiger partial charge in [0.05, 0.1) is 5.01 Å². The standard InChI is InChI=1S/C9H15N3OS2/c1-10-9(13)12-15-6-3-2-4-8-11-5-7-14-8/h5,7H,2-4,6H2,1H3,(H2,10,12,13). The van der Waals surface area contributed by atoms with Crippen molar-refractivity contribution in [3.8, 4) is 0 Å². The van der Waals surface area contributed by atoms with Crippen molar-refractivity contribution in [3.63, 3.8) is 0 Å². The third-order valence-electron chi connectivity index (χ3n) is 1.76. The molecule has 1 aromatic heterocycles. The first kappa shape index (κ1) is 12.3. The maximum Gasteiger partial charge on any atom is 0.324 e. The molecule has 0 atom stereocenters. The monoisotopic (exact) mass is 245 g/mol. The van der Waals surface area contributed by atoms with Crippen molar-refractivity contribution in [2.75, 3.05) is 12.8 Å². The van der Waals surface area contributed by atoms with Crippen LogP contribution in [0.25, 0.3) is 0 Å². The highest BCUT2D eigenvalue weighted by Gasteiger charge is 1.97. The molecule has 15 heavy (non-hydrogen) atoms. The van der Waals surface area contributed by atoms with Gasteiger partial charge in [0.2, 0.25) is 0 Å². The molecule has 4 nitrogen and oxygen atoms in total. The lowest BCUT2D eigenvalue weighted by Gasteiger charge is -2.02. The van der Waals surface area contributed by atoms with Gasteiger partial charge in [-0.3, -0.25) is 4.72 Å². The van der Waals surface area contributed by atoms with Crippen LogP contribution in [-0.4, -0.2) is 23.8 Å². The lowest BCUT2D eigenvalue weighted by Crippen LogP contribution is -2.27. The summed E-state index contributed by atoms with van der Waals surface area (Å²) >= 11 is 3.14. The zero-order valence-electron chi connectivity index (χ0n) is 8.66. The number of thiazole rings is 1. The van der Waals surface area contributed by atoms with Crippen LogP contribution in [0.2, 0.25) is 0 Å². The van der Waals surface area contributed by atoms with Crippen molar-refractivity contribution in [3.05, 3.63) is 16.6 Å². The highest BCUT2D eigenvalue weighted by Crippen LogP contribution is 2.09.